The molecule has 2 nitrogen and oxygen atoms in total. The van der Waals surface area contributed by atoms with E-state index in [1.165, 1.54) is 24.8 Å². The molecule has 1 amide bonds. The number of hydrogen-bond donors (Lipinski definition) is 1. The van der Waals surface area contributed by atoms with E-state index in [2.05, 4.69) is 33.4 Å². The minimum atomic E-state index is 0.205. The van der Waals surface area contributed by atoms with Crippen molar-refractivity contribution in [3.8, 4) is 0 Å². The van der Waals surface area contributed by atoms with Crippen molar-refractivity contribution in [1.29, 1.82) is 0 Å². The van der Waals surface area contributed by atoms with Gasteiger partial charge in [-0.15, -0.1) is 0 Å². The number of alkyl halides is 1. The smallest absolute Gasteiger partial charge is 0.220 e. The largest absolute Gasteiger partial charge is 0.356 e. The molecule has 2 rings (SSSR count). The van der Waals surface area contributed by atoms with Crippen LogP contribution in [-0.2, 0) is 11.2 Å². The van der Waals surface area contributed by atoms with E-state index in [0.717, 1.165) is 24.7 Å². The van der Waals surface area contributed by atoms with E-state index in [9.17, 15) is 4.79 Å². The number of benzene rings is 1. The van der Waals surface area contributed by atoms with Crippen molar-refractivity contribution in [1.82, 2.24) is 5.32 Å². The first-order valence-electron chi connectivity index (χ1n) is 7.11. The molecule has 1 aliphatic rings. The van der Waals surface area contributed by atoms with Gasteiger partial charge in [-0.2, -0.15) is 0 Å². The first kappa shape index (κ1) is 14.6. The Morgan fingerprint density at radius 1 is 1.26 bits per heavy atom. The van der Waals surface area contributed by atoms with Gasteiger partial charge >= 0.3 is 0 Å². The molecule has 1 N–H and O–H groups in total. The Morgan fingerprint density at radius 2 is 2.00 bits per heavy atom. The Labute approximate surface area is 124 Å². The highest BCUT2D eigenvalue weighted by Gasteiger charge is 2.41. The number of amides is 1. The van der Waals surface area contributed by atoms with E-state index < -0.39 is 0 Å². The van der Waals surface area contributed by atoms with Crippen LogP contribution in [0.5, 0.6) is 0 Å². The molecule has 0 atom stereocenters. The number of carbonyl (C=O) groups excluding carboxylic acids is 1. The van der Waals surface area contributed by atoms with Crippen LogP contribution in [0.4, 0.5) is 0 Å². The number of rotatable bonds is 8. The first-order chi connectivity index (χ1) is 9.24. The van der Waals surface area contributed by atoms with Crippen molar-refractivity contribution in [3.63, 3.8) is 0 Å². The molecule has 0 spiro atoms. The summed E-state index contributed by atoms with van der Waals surface area (Å²) in [6.45, 7) is 0.864. The molecule has 104 valence electrons. The predicted molar refractivity (Wildman–Crippen MR) is 82.5 cm³/mol. The summed E-state index contributed by atoms with van der Waals surface area (Å²) in [6.07, 6.45) is 6.27. The van der Waals surface area contributed by atoms with Crippen molar-refractivity contribution < 1.29 is 4.79 Å². The number of hydrogen-bond acceptors (Lipinski definition) is 1. The number of halogens is 1. The fourth-order valence-corrected chi connectivity index (χ4v) is 3.21. The van der Waals surface area contributed by atoms with Crippen LogP contribution in [0.15, 0.2) is 30.3 Å². The Kier molecular flexibility index (Phi) is 5.44. The molecule has 1 fully saturated rings. The third-order valence-electron chi connectivity index (χ3n) is 3.95. The molecule has 0 unspecified atom stereocenters. The van der Waals surface area contributed by atoms with Crippen molar-refractivity contribution in [2.24, 2.45) is 5.41 Å². The van der Waals surface area contributed by atoms with E-state index in [1.54, 1.807) is 0 Å². The van der Waals surface area contributed by atoms with Gasteiger partial charge in [-0.1, -0.05) is 46.3 Å². The molecule has 1 aromatic rings. The normalized spacial score (nSPS) is 16.1. The molecule has 0 heterocycles. The van der Waals surface area contributed by atoms with Gasteiger partial charge in [0.05, 0.1) is 0 Å². The Hall–Kier alpha value is -0.830. The van der Waals surface area contributed by atoms with Crippen LogP contribution in [0.25, 0.3) is 0 Å². The number of nitrogens with one attached hydrogen (secondary N) is 1. The zero-order valence-corrected chi connectivity index (χ0v) is 12.9. The van der Waals surface area contributed by atoms with E-state index >= 15 is 0 Å². The summed E-state index contributed by atoms with van der Waals surface area (Å²) in [7, 11) is 0. The minimum absolute atomic E-state index is 0.205. The molecular weight excluding hydrogens is 302 g/mol. The Bertz CT molecular complexity index is 400. The fraction of sp³-hybridized carbons (Fsp3) is 0.562. The van der Waals surface area contributed by atoms with Gasteiger partial charge in [-0.3, -0.25) is 4.79 Å². The lowest BCUT2D eigenvalue weighted by molar-refractivity contribution is -0.121. The lowest BCUT2D eigenvalue weighted by Crippen LogP contribution is -2.30. The predicted octanol–water partition coefficient (Wildman–Crippen LogP) is 3.69. The zero-order valence-electron chi connectivity index (χ0n) is 11.3. The highest BCUT2D eigenvalue weighted by Crippen LogP contribution is 2.48. The molecule has 0 aliphatic heterocycles. The SMILES string of the molecule is O=C(CCCc1ccccc1)NCC1(CCBr)CC1. The van der Waals surface area contributed by atoms with E-state index in [0.29, 0.717) is 11.8 Å². The summed E-state index contributed by atoms with van der Waals surface area (Å²) in [6, 6.07) is 10.4. The van der Waals surface area contributed by atoms with Crippen LogP contribution >= 0.6 is 15.9 Å². The van der Waals surface area contributed by atoms with E-state index in [1.807, 2.05) is 18.2 Å². The third kappa shape index (κ3) is 4.98. The second-order valence-electron chi connectivity index (χ2n) is 5.55. The van der Waals surface area contributed by atoms with Gasteiger partial charge in [0, 0.05) is 18.3 Å². The van der Waals surface area contributed by atoms with E-state index in [-0.39, 0.29) is 5.91 Å². The average Bonchev–Trinajstić information content (AvgIpc) is 3.19. The number of aryl methyl sites for hydroxylation is 1. The van der Waals surface area contributed by atoms with Crippen molar-refractivity contribution in [2.75, 3.05) is 11.9 Å². The zero-order chi connectivity index (χ0) is 13.6. The Balaban J connectivity index is 1.60. The second-order valence-corrected chi connectivity index (χ2v) is 6.35. The molecule has 3 heteroatoms. The molecule has 1 aliphatic carbocycles. The lowest BCUT2D eigenvalue weighted by atomic mass is 10.0. The number of carbonyl (C=O) groups is 1. The minimum Gasteiger partial charge on any atom is -0.356 e. The average molecular weight is 324 g/mol. The topological polar surface area (TPSA) is 29.1 Å². The maximum Gasteiger partial charge on any atom is 0.220 e. The van der Waals surface area contributed by atoms with Crippen molar-refractivity contribution in [3.05, 3.63) is 35.9 Å². The van der Waals surface area contributed by atoms with Gasteiger partial charge in [0.2, 0.25) is 5.91 Å². The summed E-state index contributed by atoms with van der Waals surface area (Å²) < 4.78 is 0. The molecule has 0 saturated heterocycles. The van der Waals surface area contributed by atoms with Crippen LogP contribution in [-0.4, -0.2) is 17.8 Å². The van der Waals surface area contributed by atoms with Crippen LogP contribution in [0.1, 0.15) is 37.7 Å². The highest BCUT2D eigenvalue weighted by molar-refractivity contribution is 9.09. The first-order valence-corrected chi connectivity index (χ1v) is 8.23. The van der Waals surface area contributed by atoms with Crippen LogP contribution in [0.2, 0.25) is 0 Å². The van der Waals surface area contributed by atoms with Crippen LogP contribution < -0.4 is 5.32 Å². The van der Waals surface area contributed by atoms with Crippen molar-refractivity contribution >= 4 is 21.8 Å². The van der Waals surface area contributed by atoms with E-state index in [4.69, 9.17) is 0 Å². The summed E-state index contributed by atoms with van der Waals surface area (Å²) in [4.78, 5) is 11.8. The monoisotopic (exact) mass is 323 g/mol. The fourth-order valence-electron chi connectivity index (χ4n) is 2.36. The Morgan fingerprint density at radius 3 is 2.63 bits per heavy atom. The standard InChI is InChI=1S/C16H22BrNO/c17-12-11-16(9-10-16)13-18-15(19)8-4-7-14-5-2-1-3-6-14/h1-3,5-6H,4,7-13H2,(H,18,19). The molecule has 0 aromatic heterocycles. The van der Waals surface area contributed by atoms with Gasteiger partial charge in [-0.25, -0.2) is 0 Å². The maximum absolute atomic E-state index is 11.8. The molecular formula is C16H22BrNO. The summed E-state index contributed by atoms with van der Waals surface area (Å²) in [5, 5.41) is 4.14. The maximum atomic E-state index is 11.8. The molecule has 0 radical (unpaired) electrons. The summed E-state index contributed by atoms with van der Waals surface area (Å²) in [5.41, 5.74) is 1.73. The lowest BCUT2D eigenvalue weighted by Gasteiger charge is -2.14. The van der Waals surface area contributed by atoms with Gasteiger partial charge in [0.15, 0.2) is 0 Å². The van der Waals surface area contributed by atoms with Gasteiger partial charge < -0.3 is 5.32 Å². The van der Waals surface area contributed by atoms with Gasteiger partial charge in [-0.05, 0) is 43.1 Å². The van der Waals surface area contributed by atoms with Crippen molar-refractivity contribution in [2.45, 2.75) is 38.5 Å². The molecule has 0 bridgehead atoms. The quantitative estimate of drug-likeness (QED) is 0.726. The second kappa shape index (κ2) is 7.09. The summed E-state index contributed by atoms with van der Waals surface area (Å²) >= 11 is 3.49. The molecule has 19 heavy (non-hydrogen) atoms. The molecule has 1 aromatic carbocycles. The van der Waals surface area contributed by atoms with Gasteiger partial charge in [0.25, 0.3) is 0 Å². The third-order valence-corrected chi connectivity index (χ3v) is 4.35. The summed E-state index contributed by atoms with van der Waals surface area (Å²) in [5.74, 6) is 0.205. The highest BCUT2D eigenvalue weighted by atomic mass is 79.9. The van der Waals surface area contributed by atoms with Crippen LogP contribution in [0.3, 0.4) is 0 Å². The molecule has 1 saturated carbocycles. The van der Waals surface area contributed by atoms with Crippen LogP contribution in [0, 0.1) is 5.41 Å². The van der Waals surface area contributed by atoms with Gasteiger partial charge in [0.1, 0.15) is 0 Å².